The lowest BCUT2D eigenvalue weighted by Crippen LogP contribution is -2.18. The van der Waals surface area contributed by atoms with Crippen LogP contribution in [0.2, 0.25) is 0 Å². The van der Waals surface area contributed by atoms with Crippen molar-refractivity contribution in [1.82, 2.24) is 0 Å². The number of benzene rings is 2. The zero-order chi connectivity index (χ0) is 17.9. The molecule has 130 valence electrons. The highest BCUT2D eigenvalue weighted by molar-refractivity contribution is 5.89. The van der Waals surface area contributed by atoms with Gasteiger partial charge >= 0.3 is 17.9 Å². The molecule has 0 aliphatic heterocycles. The Morgan fingerprint density at radius 2 is 1.36 bits per heavy atom. The van der Waals surface area contributed by atoms with Crippen molar-refractivity contribution >= 4 is 17.9 Å². The fourth-order valence-corrected chi connectivity index (χ4v) is 1.88. The Morgan fingerprint density at radius 1 is 0.720 bits per heavy atom. The van der Waals surface area contributed by atoms with Crippen LogP contribution in [0.25, 0.3) is 0 Å². The second-order valence-electron chi connectivity index (χ2n) is 5.06. The van der Waals surface area contributed by atoms with Gasteiger partial charge in [0.2, 0.25) is 0 Å². The maximum atomic E-state index is 11.7. The van der Waals surface area contributed by atoms with Gasteiger partial charge in [0.05, 0.1) is 12.0 Å². The van der Waals surface area contributed by atoms with Crippen molar-refractivity contribution in [3.8, 4) is 0 Å². The van der Waals surface area contributed by atoms with Gasteiger partial charge in [-0.3, -0.25) is 4.79 Å². The van der Waals surface area contributed by atoms with Crippen LogP contribution in [0.1, 0.15) is 22.3 Å². The average Bonchev–Trinajstić information content (AvgIpc) is 2.66. The first-order chi connectivity index (χ1) is 12.1. The topological polar surface area (TPSA) is 78.9 Å². The van der Waals surface area contributed by atoms with Gasteiger partial charge in [-0.2, -0.15) is 0 Å². The largest absolute Gasteiger partial charge is 0.461 e. The molecule has 0 bridgehead atoms. The zero-order valence-corrected chi connectivity index (χ0v) is 13.6. The molecule has 0 radical (unpaired) electrons. The summed E-state index contributed by atoms with van der Waals surface area (Å²) >= 11 is 0. The molecule has 0 fully saturated rings. The van der Waals surface area contributed by atoms with E-state index in [4.69, 9.17) is 14.2 Å². The van der Waals surface area contributed by atoms with Crippen LogP contribution in [0.4, 0.5) is 0 Å². The Hall–Kier alpha value is -3.15. The van der Waals surface area contributed by atoms with Crippen molar-refractivity contribution in [2.75, 3.05) is 13.2 Å². The highest BCUT2D eigenvalue weighted by atomic mass is 16.6. The van der Waals surface area contributed by atoms with Crippen LogP contribution in [-0.4, -0.2) is 31.1 Å². The molecule has 0 aliphatic carbocycles. The quantitative estimate of drug-likeness (QED) is 0.542. The third kappa shape index (κ3) is 6.87. The molecule has 0 aromatic heterocycles. The number of hydrogen-bond donors (Lipinski definition) is 0. The zero-order valence-electron chi connectivity index (χ0n) is 13.6. The van der Waals surface area contributed by atoms with Crippen LogP contribution in [0.15, 0.2) is 60.7 Å². The maximum Gasteiger partial charge on any atom is 0.344 e. The van der Waals surface area contributed by atoms with Crippen molar-refractivity contribution in [1.29, 1.82) is 0 Å². The van der Waals surface area contributed by atoms with E-state index in [1.54, 1.807) is 30.3 Å². The Labute approximate surface area is 145 Å². The van der Waals surface area contributed by atoms with Crippen molar-refractivity contribution < 1.29 is 28.6 Å². The van der Waals surface area contributed by atoms with Crippen molar-refractivity contribution in [3.63, 3.8) is 0 Å². The van der Waals surface area contributed by atoms with Crippen molar-refractivity contribution in [3.05, 3.63) is 71.8 Å². The van der Waals surface area contributed by atoms with Crippen LogP contribution < -0.4 is 0 Å². The minimum Gasteiger partial charge on any atom is -0.461 e. The predicted octanol–water partition coefficient (Wildman–Crippen LogP) is 2.52. The van der Waals surface area contributed by atoms with Gasteiger partial charge in [-0.25, -0.2) is 9.59 Å². The first-order valence-corrected chi connectivity index (χ1v) is 7.72. The van der Waals surface area contributed by atoms with Crippen molar-refractivity contribution in [2.45, 2.75) is 13.0 Å². The van der Waals surface area contributed by atoms with Crippen LogP contribution in [0.3, 0.4) is 0 Å². The summed E-state index contributed by atoms with van der Waals surface area (Å²) in [5.74, 6) is -1.80. The molecule has 0 unspecified atom stereocenters. The molecule has 0 amide bonds. The summed E-state index contributed by atoms with van der Waals surface area (Å²) < 4.78 is 14.7. The van der Waals surface area contributed by atoms with E-state index in [1.807, 2.05) is 30.3 Å². The second-order valence-corrected chi connectivity index (χ2v) is 5.06. The minimum atomic E-state index is -0.641. The molecule has 6 nitrogen and oxygen atoms in total. The van der Waals surface area contributed by atoms with E-state index in [1.165, 1.54) is 0 Å². The molecule has 2 aromatic carbocycles. The van der Waals surface area contributed by atoms with Gasteiger partial charge in [0, 0.05) is 0 Å². The first kappa shape index (κ1) is 18.2. The van der Waals surface area contributed by atoms with Crippen LogP contribution in [0.5, 0.6) is 0 Å². The molecule has 6 heteroatoms. The Balaban J connectivity index is 1.59. The number of rotatable bonds is 8. The third-order valence-electron chi connectivity index (χ3n) is 3.14. The lowest BCUT2D eigenvalue weighted by molar-refractivity contribution is -0.160. The van der Waals surface area contributed by atoms with E-state index < -0.39 is 24.5 Å². The lowest BCUT2D eigenvalue weighted by Gasteiger charge is -2.07. The molecular weight excluding hydrogens is 324 g/mol. The normalized spacial score (nSPS) is 9.92. The molecule has 25 heavy (non-hydrogen) atoms. The molecule has 2 aromatic rings. The Kier molecular flexibility index (Phi) is 7.18. The standard InChI is InChI=1S/C19H18O6/c20-17(11-12-23-19(22)16-9-5-2-6-10-16)25-14-18(21)24-13-15-7-3-1-4-8-15/h1-10H,11-14H2. The second kappa shape index (κ2) is 9.87. The monoisotopic (exact) mass is 342 g/mol. The van der Waals surface area contributed by atoms with Gasteiger partial charge in [-0.05, 0) is 17.7 Å². The summed E-state index contributed by atoms with van der Waals surface area (Å²) in [4.78, 5) is 34.7. The summed E-state index contributed by atoms with van der Waals surface area (Å²) in [7, 11) is 0. The Morgan fingerprint density at radius 3 is 2.04 bits per heavy atom. The van der Waals surface area contributed by atoms with Crippen molar-refractivity contribution in [2.24, 2.45) is 0 Å². The molecule has 0 spiro atoms. The van der Waals surface area contributed by atoms with Crippen LogP contribution >= 0.6 is 0 Å². The van der Waals surface area contributed by atoms with E-state index in [9.17, 15) is 14.4 Å². The molecular formula is C19H18O6. The van der Waals surface area contributed by atoms with E-state index in [0.717, 1.165) is 5.56 Å². The smallest absolute Gasteiger partial charge is 0.344 e. The maximum absolute atomic E-state index is 11.7. The fraction of sp³-hybridized carbons (Fsp3) is 0.211. The molecule has 2 rings (SSSR count). The third-order valence-corrected chi connectivity index (χ3v) is 3.14. The van der Waals surface area contributed by atoms with Gasteiger partial charge in [-0.1, -0.05) is 48.5 Å². The first-order valence-electron chi connectivity index (χ1n) is 7.72. The van der Waals surface area contributed by atoms with Crippen LogP contribution in [0, 0.1) is 0 Å². The van der Waals surface area contributed by atoms with Crippen LogP contribution in [-0.2, 0) is 30.4 Å². The highest BCUT2D eigenvalue weighted by Gasteiger charge is 2.11. The summed E-state index contributed by atoms with van der Waals surface area (Å²) in [5, 5.41) is 0. The van der Waals surface area contributed by atoms with E-state index in [-0.39, 0.29) is 19.6 Å². The van der Waals surface area contributed by atoms with E-state index in [2.05, 4.69) is 0 Å². The average molecular weight is 342 g/mol. The summed E-state index contributed by atoms with van der Waals surface area (Å²) in [5.41, 5.74) is 1.25. The van der Waals surface area contributed by atoms with Gasteiger partial charge < -0.3 is 14.2 Å². The number of carbonyl (C=O) groups is 3. The minimum absolute atomic E-state index is 0.117. The van der Waals surface area contributed by atoms with E-state index in [0.29, 0.717) is 5.56 Å². The van der Waals surface area contributed by atoms with Gasteiger partial charge in [-0.15, -0.1) is 0 Å². The fourth-order valence-electron chi connectivity index (χ4n) is 1.88. The molecule has 0 N–H and O–H groups in total. The summed E-state index contributed by atoms with van der Waals surface area (Å²) in [6.45, 7) is -0.476. The van der Waals surface area contributed by atoms with Gasteiger partial charge in [0.1, 0.15) is 13.2 Å². The molecule has 0 atom stereocenters. The number of esters is 3. The summed E-state index contributed by atoms with van der Waals surface area (Å²) in [6, 6.07) is 17.6. The highest BCUT2D eigenvalue weighted by Crippen LogP contribution is 2.03. The number of hydrogen-bond acceptors (Lipinski definition) is 6. The summed E-state index contributed by atoms with van der Waals surface area (Å²) in [6.07, 6.45) is -0.134. The number of carbonyl (C=O) groups excluding carboxylic acids is 3. The predicted molar refractivity (Wildman–Crippen MR) is 88.5 cm³/mol. The SMILES string of the molecule is O=C(CCOC(=O)c1ccccc1)OCC(=O)OCc1ccccc1. The molecule has 0 heterocycles. The van der Waals surface area contributed by atoms with E-state index >= 15 is 0 Å². The number of ether oxygens (including phenoxy) is 3. The van der Waals surface area contributed by atoms with Gasteiger partial charge in [0.15, 0.2) is 6.61 Å². The lowest BCUT2D eigenvalue weighted by atomic mass is 10.2. The Bertz CT molecular complexity index is 696. The van der Waals surface area contributed by atoms with Gasteiger partial charge in [0.25, 0.3) is 0 Å². The molecule has 0 saturated carbocycles. The molecule has 0 aliphatic rings. The molecule has 0 saturated heterocycles.